The van der Waals surface area contributed by atoms with Crippen LogP contribution in [0.15, 0.2) is 60.2 Å². The summed E-state index contributed by atoms with van der Waals surface area (Å²) in [4.78, 5) is 0. The lowest BCUT2D eigenvalue weighted by Gasteiger charge is -2.25. The smallest absolute Gasteiger partial charge is 0.0111 e. The minimum absolute atomic E-state index is 0.155. The number of hydrogen-bond acceptors (Lipinski definition) is 0. The van der Waals surface area contributed by atoms with Crippen molar-refractivity contribution in [1.82, 2.24) is 0 Å². The van der Waals surface area contributed by atoms with Gasteiger partial charge in [0.2, 0.25) is 0 Å². The summed E-state index contributed by atoms with van der Waals surface area (Å²) >= 11 is 0. The highest BCUT2D eigenvalue weighted by Gasteiger charge is 2.29. The van der Waals surface area contributed by atoms with Gasteiger partial charge < -0.3 is 0 Å². The summed E-state index contributed by atoms with van der Waals surface area (Å²) in [6, 6.07) is 15.3. The molecule has 0 spiro atoms. The maximum atomic E-state index is 2.30. The van der Waals surface area contributed by atoms with Gasteiger partial charge in [0.15, 0.2) is 0 Å². The van der Waals surface area contributed by atoms with E-state index in [9.17, 15) is 0 Å². The van der Waals surface area contributed by atoms with E-state index in [4.69, 9.17) is 0 Å². The second-order valence-electron chi connectivity index (χ2n) is 5.62. The molecular weight excluding hydrogens is 216 g/mol. The third kappa shape index (κ3) is 1.60. The molecule has 0 radical (unpaired) electrons. The fourth-order valence-corrected chi connectivity index (χ4v) is 2.65. The molecule has 2 aromatic carbocycles. The van der Waals surface area contributed by atoms with Crippen LogP contribution in [-0.2, 0) is 0 Å². The van der Waals surface area contributed by atoms with Crippen LogP contribution in [-0.4, -0.2) is 0 Å². The Labute approximate surface area is 109 Å². The fourth-order valence-electron chi connectivity index (χ4n) is 2.65. The molecule has 18 heavy (non-hydrogen) atoms. The Morgan fingerprint density at radius 1 is 0.833 bits per heavy atom. The lowest BCUT2D eigenvalue weighted by Crippen LogP contribution is -2.12. The van der Waals surface area contributed by atoms with Crippen molar-refractivity contribution in [3.63, 3.8) is 0 Å². The zero-order chi connectivity index (χ0) is 12.8. The monoisotopic (exact) mass is 234 g/mol. The molecule has 0 heteroatoms. The SMILES string of the molecule is CC1=CC=C(c2ccc3ccccc3c2)C1(C)C. The maximum absolute atomic E-state index is 2.30. The van der Waals surface area contributed by atoms with Crippen LogP contribution in [0.3, 0.4) is 0 Å². The molecule has 0 saturated carbocycles. The molecule has 0 aromatic heterocycles. The fraction of sp³-hybridized carbons (Fsp3) is 0.222. The van der Waals surface area contributed by atoms with Gasteiger partial charge in [0, 0.05) is 5.41 Å². The van der Waals surface area contributed by atoms with Crippen LogP contribution in [0.4, 0.5) is 0 Å². The molecule has 0 atom stereocenters. The molecule has 3 rings (SSSR count). The van der Waals surface area contributed by atoms with Gasteiger partial charge in [0.1, 0.15) is 0 Å². The summed E-state index contributed by atoms with van der Waals surface area (Å²) in [6.45, 7) is 6.81. The van der Waals surface area contributed by atoms with Crippen LogP contribution >= 0.6 is 0 Å². The van der Waals surface area contributed by atoms with Crippen molar-refractivity contribution in [2.45, 2.75) is 20.8 Å². The number of fused-ring (bicyclic) bond motifs is 1. The lowest BCUT2D eigenvalue weighted by atomic mass is 9.78. The Balaban J connectivity index is 2.12. The Bertz CT molecular complexity index is 669. The highest BCUT2D eigenvalue weighted by atomic mass is 14.3. The van der Waals surface area contributed by atoms with E-state index in [0.717, 1.165) is 0 Å². The molecule has 0 aliphatic heterocycles. The average Bonchev–Trinajstić information content (AvgIpc) is 2.64. The summed E-state index contributed by atoms with van der Waals surface area (Å²) in [5.74, 6) is 0. The van der Waals surface area contributed by atoms with Crippen LogP contribution in [0.2, 0.25) is 0 Å². The molecule has 0 N–H and O–H groups in total. The van der Waals surface area contributed by atoms with Crippen molar-refractivity contribution < 1.29 is 0 Å². The van der Waals surface area contributed by atoms with Crippen LogP contribution in [0, 0.1) is 5.41 Å². The molecule has 0 amide bonds. The summed E-state index contributed by atoms with van der Waals surface area (Å²) < 4.78 is 0. The van der Waals surface area contributed by atoms with Gasteiger partial charge in [-0.3, -0.25) is 0 Å². The van der Waals surface area contributed by atoms with Gasteiger partial charge in [-0.05, 0) is 34.9 Å². The molecule has 2 aromatic rings. The Hall–Kier alpha value is -1.82. The van der Waals surface area contributed by atoms with E-state index < -0.39 is 0 Å². The normalized spacial score (nSPS) is 17.7. The average molecular weight is 234 g/mol. The van der Waals surface area contributed by atoms with E-state index in [2.05, 4.69) is 75.4 Å². The van der Waals surface area contributed by atoms with Crippen molar-refractivity contribution in [2.75, 3.05) is 0 Å². The van der Waals surface area contributed by atoms with E-state index >= 15 is 0 Å². The number of allylic oxidation sites excluding steroid dienone is 4. The zero-order valence-corrected chi connectivity index (χ0v) is 11.2. The third-order valence-corrected chi connectivity index (χ3v) is 4.22. The number of hydrogen-bond donors (Lipinski definition) is 0. The Morgan fingerprint density at radius 2 is 1.56 bits per heavy atom. The van der Waals surface area contributed by atoms with Gasteiger partial charge >= 0.3 is 0 Å². The Morgan fingerprint density at radius 3 is 2.22 bits per heavy atom. The molecule has 1 aliphatic rings. The minimum atomic E-state index is 0.155. The van der Waals surface area contributed by atoms with Gasteiger partial charge in [-0.2, -0.15) is 0 Å². The van der Waals surface area contributed by atoms with E-state index in [-0.39, 0.29) is 5.41 Å². The van der Waals surface area contributed by atoms with E-state index in [1.54, 1.807) is 0 Å². The molecule has 0 fully saturated rings. The molecule has 1 aliphatic carbocycles. The third-order valence-electron chi connectivity index (χ3n) is 4.22. The van der Waals surface area contributed by atoms with Crippen molar-refractivity contribution in [3.8, 4) is 0 Å². The van der Waals surface area contributed by atoms with Gasteiger partial charge in [0.25, 0.3) is 0 Å². The van der Waals surface area contributed by atoms with Crippen molar-refractivity contribution in [2.24, 2.45) is 5.41 Å². The van der Waals surface area contributed by atoms with E-state index in [0.29, 0.717) is 0 Å². The van der Waals surface area contributed by atoms with Crippen molar-refractivity contribution in [1.29, 1.82) is 0 Å². The maximum Gasteiger partial charge on any atom is 0.0111 e. The molecule has 0 nitrogen and oxygen atoms in total. The van der Waals surface area contributed by atoms with Gasteiger partial charge in [-0.25, -0.2) is 0 Å². The van der Waals surface area contributed by atoms with Crippen molar-refractivity contribution in [3.05, 3.63) is 65.8 Å². The largest absolute Gasteiger partial charge is 0.0632 e. The van der Waals surface area contributed by atoms with Crippen LogP contribution in [0.5, 0.6) is 0 Å². The minimum Gasteiger partial charge on any atom is -0.0632 e. The second kappa shape index (κ2) is 3.84. The molecule has 0 heterocycles. The first-order valence-corrected chi connectivity index (χ1v) is 6.48. The summed E-state index contributed by atoms with van der Waals surface area (Å²) in [5.41, 5.74) is 4.35. The lowest BCUT2D eigenvalue weighted by molar-refractivity contribution is 0.612. The molecule has 0 unspecified atom stereocenters. The van der Waals surface area contributed by atoms with Gasteiger partial charge in [0.05, 0.1) is 0 Å². The number of benzene rings is 2. The van der Waals surface area contributed by atoms with E-state index in [1.165, 1.54) is 27.5 Å². The first kappa shape index (κ1) is 11.3. The predicted octanol–water partition coefficient (Wildman–Crippen LogP) is 5.21. The first-order chi connectivity index (χ1) is 8.59. The van der Waals surface area contributed by atoms with Crippen molar-refractivity contribution >= 4 is 16.3 Å². The quantitative estimate of drug-likeness (QED) is 0.635. The Kier molecular flexibility index (Phi) is 2.41. The molecular formula is C18H18. The molecule has 0 saturated heterocycles. The predicted molar refractivity (Wildman–Crippen MR) is 79.5 cm³/mol. The zero-order valence-electron chi connectivity index (χ0n) is 11.2. The topological polar surface area (TPSA) is 0 Å². The standard InChI is InChI=1S/C18H18/c1-13-8-11-17(18(13,2)3)16-10-9-14-6-4-5-7-15(14)12-16/h4-12H,1-3H3. The van der Waals surface area contributed by atoms with Gasteiger partial charge in [-0.1, -0.05) is 68.0 Å². The second-order valence-corrected chi connectivity index (χ2v) is 5.62. The van der Waals surface area contributed by atoms with Crippen LogP contribution < -0.4 is 0 Å². The number of rotatable bonds is 1. The van der Waals surface area contributed by atoms with Gasteiger partial charge in [-0.15, -0.1) is 0 Å². The van der Waals surface area contributed by atoms with Crippen LogP contribution in [0.1, 0.15) is 26.3 Å². The van der Waals surface area contributed by atoms with E-state index in [1.807, 2.05) is 0 Å². The first-order valence-electron chi connectivity index (χ1n) is 6.48. The summed E-state index contributed by atoms with van der Waals surface area (Å²) in [5, 5.41) is 2.62. The summed E-state index contributed by atoms with van der Waals surface area (Å²) in [7, 11) is 0. The molecule has 90 valence electrons. The molecule has 0 bridgehead atoms. The highest BCUT2D eigenvalue weighted by molar-refractivity contribution is 5.88. The highest BCUT2D eigenvalue weighted by Crippen LogP contribution is 2.45. The van der Waals surface area contributed by atoms with Crippen LogP contribution in [0.25, 0.3) is 16.3 Å². The summed E-state index contributed by atoms with van der Waals surface area (Å²) in [6.07, 6.45) is 4.50.